The summed E-state index contributed by atoms with van der Waals surface area (Å²) in [5.74, 6) is -0.177. The summed E-state index contributed by atoms with van der Waals surface area (Å²) >= 11 is 13.3. The molecule has 0 bridgehead atoms. The lowest BCUT2D eigenvalue weighted by Crippen LogP contribution is -2.22. The maximum Gasteiger partial charge on any atom is 0.258 e. The zero-order valence-electron chi connectivity index (χ0n) is 9.78. The monoisotopic (exact) mass is 300 g/mol. The van der Waals surface area contributed by atoms with E-state index in [1.165, 1.54) is 16.4 Å². The first-order valence-electron chi connectivity index (χ1n) is 5.14. The molecule has 1 heterocycles. The third-order valence-electron chi connectivity index (χ3n) is 2.39. The predicted molar refractivity (Wildman–Crippen MR) is 75.6 cm³/mol. The van der Waals surface area contributed by atoms with E-state index in [0.29, 0.717) is 15.5 Å². The number of nitrogens with zero attached hydrogens (tertiary/aromatic N) is 2. The molecule has 0 unspecified atom stereocenters. The van der Waals surface area contributed by atoms with E-state index in [-0.39, 0.29) is 11.1 Å². The summed E-state index contributed by atoms with van der Waals surface area (Å²) in [7, 11) is 3.35. The Hall–Kier alpha value is -1.10. The normalized spacial score (nSPS) is 10.4. The summed E-state index contributed by atoms with van der Waals surface area (Å²) in [4.78, 5) is 14.3. The van der Waals surface area contributed by atoms with Gasteiger partial charge in [-0.1, -0.05) is 41.4 Å². The largest absolute Gasteiger partial charge is 0.345 e. The smallest absolute Gasteiger partial charge is 0.258 e. The zero-order valence-corrected chi connectivity index (χ0v) is 12.1. The van der Waals surface area contributed by atoms with Crippen LogP contribution in [0.25, 0.3) is 10.4 Å². The summed E-state index contributed by atoms with van der Waals surface area (Å²) in [6.07, 6.45) is 0. The fraction of sp³-hybridized carbons (Fsp3) is 0.167. The van der Waals surface area contributed by atoms with Crippen LogP contribution in [0.1, 0.15) is 10.4 Å². The molecule has 94 valence electrons. The van der Waals surface area contributed by atoms with Crippen LogP contribution in [0.15, 0.2) is 24.3 Å². The Kier molecular flexibility index (Phi) is 3.90. The Bertz CT molecular complexity index is 596. The molecular formula is C12H10Cl2N2OS. The van der Waals surface area contributed by atoms with Gasteiger partial charge in [0.05, 0.1) is 10.4 Å². The number of benzene rings is 1. The van der Waals surface area contributed by atoms with Crippen LogP contribution < -0.4 is 0 Å². The number of carbonyl (C=O) groups is 1. The fourth-order valence-electron chi connectivity index (χ4n) is 1.51. The van der Waals surface area contributed by atoms with Crippen molar-refractivity contribution < 1.29 is 4.79 Å². The van der Waals surface area contributed by atoms with Gasteiger partial charge in [-0.25, -0.2) is 0 Å². The molecule has 0 aliphatic heterocycles. The molecule has 0 aliphatic rings. The maximum absolute atomic E-state index is 12.1. The topological polar surface area (TPSA) is 33.2 Å². The van der Waals surface area contributed by atoms with Crippen LogP contribution in [0.2, 0.25) is 10.2 Å². The molecule has 2 aromatic rings. The standard InChI is InChI=1S/C12H10Cl2N2OS/c1-16(2)12(17)9-10(18-15-11(9)14)7-5-3-4-6-8(7)13/h3-6H,1-2H3. The molecule has 0 spiro atoms. The van der Waals surface area contributed by atoms with E-state index < -0.39 is 0 Å². The first-order valence-corrected chi connectivity index (χ1v) is 6.67. The fourth-order valence-corrected chi connectivity index (χ4v) is 2.94. The van der Waals surface area contributed by atoms with Crippen molar-refractivity contribution in [1.29, 1.82) is 0 Å². The quantitative estimate of drug-likeness (QED) is 0.845. The van der Waals surface area contributed by atoms with E-state index in [4.69, 9.17) is 23.2 Å². The van der Waals surface area contributed by atoms with Gasteiger partial charge in [0.25, 0.3) is 5.91 Å². The van der Waals surface area contributed by atoms with Gasteiger partial charge in [-0.3, -0.25) is 4.79 Å². The molecule has 0 radical (unpaired) electrons. The Morgan fingerprint density at radius 3 is 2.56 bits per heavy atom. The van der Waals surface area contributed by atoms with Gasteiger partial charge in [-0.2, -0.15) is 4.37 Å². The van der Waals surface area contributed by atoms with E-state index in [2.05, 4.69) is 4.37 Å². The maximum atomic E-state index is 12.1. The van der Waals surface area contributed by atoms with Gasteiger partial charge < -0.3 is 4.90 Å². The lowest BCUT2D eigenvalue weighted by atomic mass is 10.1. The molecule has 0 N–H and O–H groups in total. The number of aromatic nitrogens is 1. The van der Waals surface area contributed by atoms with Crippen molar-refractivity contribution in [1.82, 2.24) is 9.27 Å². The second-order valence-corrected chi connectivity index (χ2v) is 5.40. The van der Waals surface area contributed by atoms with Crippen LogP contribution in [-0.2, 0) is 0 Å². The van der Waals surface area contributed by atoms with Crippen LogP contribution in [0.5, 0.6) is 0 Å². The Morgan fingerprint density at radius 2 is 1.94 bits per heavy atom. The minimum absolute atomic E-state index is 0.177. The number of carbonyl (C=O) groups excluding carboxylic acids is 1. The van der Waals surface area contributed by atoms with E-state index in [1.807, 2.05) is 18.2 Å². The Balaban J connectivity index is 2.60. The lowest BCUT2D eigenvalue weighted by molar-refractivity contribution is 0.0829. The van der Waals surface area contributed by atoms with Crippen molar-refractivity contribution in [3.8, 4) is 10.4 Å². The van der Waals surface area contributed by atoms with E-state index >= 15 is 0 Å². The minimum atomic E-state index is -0.177. The lowest BCUT2D eigenvalue weighted by Gasteiger charge is -2.11. The predicted octanol–water partition coefficient (Wildman–Crippen LogP) is 3.82. The van der Waals surface area contributed by atoms with Gasteiger partial charge in [0.15, 0.2) is 5.15 Å². The first-order chi connectivity index (χ1) is 8.52. The average Bonchev–Trinajstić information content (AvgIpc) is 2.70. The molecule has 1 amide bonds. The Morgan fingerprint density at radius 1 is 1.28 bits per heavy atom. The molecule has 1 aromatic carbocycles. The van der Waals surface area contributed by atoms with Crippen molar-refractivity contribution in [3.63, 3.8) is 0 Å². The number of hydrogen-bond acceptors (Lipinski definition) is 3. The minimum Gasteiger partial charge on any atom is -0.345 e. The highest BCUT2D eigenvalue weighted by atomic mass is 35.5. The van der Waals surface area contributed by atoms with E-state index in [9.17, 15) is 4.79 Å². The number of halogens is 2. The molecule has 0 saturated carbocycles. The van der Waals surface area contributed by atoms with Crippen LogP contribution >= 0.6 is 34.7 Å². The summed E-state index contributed by atoms with van der Waals surface area (Å²) in [6, 6.07) is 7.31. The summed E-state index contributed by atoms with van der Waals surface area (Å²) in [5.41, 5.74) is 1.17. The van der Waals surface area contributed by atoms with E-state index in [1.54, 1.807) is 20.2 Å². The van der Waals surface area contributed by atoms with Crippen molar-refractivity contribution in [3.05, 3.63) is 40.0 Å². The highest BCUT2D eigenvalue weighted by Gasteiger charge is 2.23. The number of amides is 1. The van der Waals surface area contributed by atoms with Crippen LogP contribution in [-0.4, -0.2) is 29.3 Å². The summed E-state index contributed by atoms with van der Waals surface area (Å²) in [6.45, 7) is 0. The highest BCUT2D eigenvalue weighted by molar-refractivity contribution is 7.10. The number of hydrogen-bond donors (Lipinski definition) is 0. The van der Waals surface area contributed by atoms with Crippen LogP contribution in [0.4, 0.5) is 0 Å². The molecule has 0 fully saturated rings. The highest BCUT2D eigenvalue weighted by Crippen LogP contribution is 2.37. The van der Waals surface area contributed by atoms with Gasteiger partial charge >= 0.3 is 0 Å². The van der Waals surface area contributed by atoms with Gasteiger partial charge in [0, 0.05) is 24.7 Å². The molecule has 2 rings (SSSR count). The first kappa shape index (κ1) is 13.3. The summed E-state index contributed by atoms with van der Waals surface area (Å²) < 4.78 is 4.04. The van der Waals surface area contributed by atoms with Crippen LogP contribution in [0.3, 0.4) is 0 Å². The molecule has 18 heavy (non-hydrogen) atoms. The van der Waals surface area contributed by atoms with Gasteiger partial charge in [-0.05, 0) is 17.6 Å². The van der Waals surface area contributed by atoms with Crippen molar-refractivity contribution >= 4 is 40.6 Å². The number of rotatable bonds is 2. The molecule has 6 heteroatoms. The van der Waals surface area contributed by atoms with Gasteiger partial charge in [-0.15, -0.1) is 0 Å². The second kappa shape index (κ2) is 5.26. The van der Waals surface area contributed by atoms with Crippen LogP contribution in [0, 0.1) is 0 Å². The zero-order chi connectivity index (χ0) is 13.3. The molecule has 3 nitrogen and oxygen atoms in total. The third-order valence-corrected chi connectivity index (χ3v) is 3.97. The SMILES string of the molecule is CN(C)C(=O)c1c(Cl)nsc1-c1ccccc1Cl. The van der Waals surface area contributed by atoms with Crippen molar-refractivity contribution in [2.45, 2.75) is 0 Å². The molecule has 1 aromatic heterocycles. The van der Waals surface area contributed by atoms with Crippen molar-refractivity contribution in [2.24, 2.45) is 0 Å². The summed E-state index contributed by atoms with van der Waals surface area (Å²) in [5, 5.41) is 0.791. The molecule has 0 saturated heterocycles. The van der Waals surface area contributed by atoms with Gasteiger partial charge in [0.2, 0.25) is 0 Å². The third kappa shape index (κ3) is 2.36. The Labute approximate surface area is 119 Å². The average molecular weight is 301 g/mol. The molecule has 0 atom stereocenters. The van der Waals surface area contributed by atoms with Crippen molar-refractivity contribution in [2.75, 3.05) is 14.1 Å². The molecular weight excluding hydrogens is 291 g/mol. The molecule has 0 aliphatic carbocycles. The van der Waals surface area contributed by atoms with E-state index in [0.717, 1.165) is 5.56 Å². The van der Waals surface area contributed by atoms with Gasteiger partial charge in [0.1, 0.15) is 0 Å². The second-order valence-electron chi connectivity index (χ2n) is 3.86.